The summed E-state index contributed by atoms with van der Waals surface area (Å²) in [7, 11) is 1.99. The maximum absolute atomic E-state index is 12.8. The molecule has 0 aliphatic carbocycles. The van der Waals surface area contributed by atoms with Crippen LogP contribution >= 0.6 is 0 Å². The van der Waals surface area contributed by atoms with Crippen LogP contribution in [0.4, 0.5) is 0 Å². The predicted octanol–water partition coefficient (Wildman–Crippen LogP) is 3.51. The van der Waals surface area contributed by atoms with Crippen LogP contribution in [0.5, 0.6) is 0 Å². The SMILES string of the molecule is CNCCC1CCN(C(=O)c2oc3c(C)cccc3c2C)CC1. The number of nitrogens with one attached hydrogen (secondary N) is 1. The fraction of sp³-hybridized carbons (Fsp3) is 0.526. The van der Waals surface area contributed by atoms with Crippen LogP contribution in [0.15, 0.2) is 22.6 Å². The molecule has 2 aromatic rings. The highest BCUT2D eigenvalue weighted by Crippen LogP contribution is 2.29. The Morgan fingerprint density at radius 2 is 2.04 bits per heavy atom. The Bertz CT molecular complexity index is 697. The van der Waals surface area contributed by atoms with Crippen LogP contribution in [0.3, 0.4) is 0 Å². The molecule has 0 atom stereocenters. The molecule has 0 radical (unpaired) electrons. The summed E-state index contributed by atoms with van der Waals surface area (Å²) in [6.07, 6.45) is 3.37. The minimum Gasteiger partial charge on any atom is -0.450 e. The van der Waals surface area contributed by atoms with Gasteiger partial charge in [-0.25, -0.2) is 0 Å². The maximum Gasteiger partial charge on any atom is 0.289 e. The van der Waals surface area contributed by atoms with E-state index in [0.29, 0.717) is 5.76 Å². The number of nitrogens with zero attached hydrogens (tertiary/aromatic N) is 1. The maximum atomic E-state index is 12.8. The molecular weight excluding hydrogens is 288 g/mol. The summed E-state index contributed by atoms with van der Waals surface area (Å²) in [5, 5.41) is 4.26. The lowest BCUT2D eigenvalue weighted by molar-refractivity contribution is 0.0656. The summed E-state index contributed by atoms with van der Waals surface area (Å²) in [6.45, 7) is 6.73. The molecule has 1 aliphatic rings. The molecule has 1 saturated heterocycles. The first-order valence-corrected chi connectivity index (χ1v) is 8.54. The van der Waals surface area contributed by atoms with E-state index in [0.717, 1.165) is 60.5 Å². The highest BCUT2D eigenvalue weighted by molar-refractivity contribution is 5.99. The Labute approximate surface area is 137 Å². The molecular formula is C19H26N2O2. The molecule has 0 saturated carbocycles. The second kappa shape index (κ2) is 6.75. The van der Waals surface area contributed by atoms with E-state index < -0.39 is 0 Å². The van der Waals surface area contributed by atoms with Crippen LogP contribution in [-0.2, 0) is 0 Å². The topological polar surface area (TPSA) is 45.5 Å². The third-order valence-electron chi connectivity index (χ3n) is 5.06. The smallest absolute Gasteiger partial charge is 0.289 e. The van der Waals surface area contributed by atoms with Gasteiger partial charge in [0.25, 0.3) is 5.91 Å². The van der Waals surface area contributed by atoms with Gasteiger partial charge >= 0.3 is 0 Å². The number of rotatable bonds is 4. The van der Waals surface area contributed by atoms with E-state index in [9.17, 15) is 4.79 Å². The van der Waals surface area contributed by atoms with Crippen molar-refractivity contribution in [3.05, 3.63) is 35.1 Å². The number of benzene rings is 1. The molecule has 3 rings (SSSR count). The fourth-order valence-electron chi connectivity index (χ4n) is 3.51. The lowest BCUT2D eigenvalue weighted by Crippen LogP contribution is -2.39. The first-order chi connectivity index (χ1) is 11.1. The lowest BCUT2D eigenvalue weighted by atomic mass is 9.93. The molecule has 2 heterocycles. The molecule has 4 heteroatoms. The molecule has 0 unspecified atom stereocenters. The molecule has 124 valence electrons. The van der Waals surface area contributed by atoms with Crippen LogP contribution in [0.25, 0.3) is 11.0 Å². The van der Waals surface area contributed by atoms with Crippen molar-refractivity contribution in [2.45, 2.75) is 33.1 Å². The number of likely N-dealkylation sites (tertiary alicyclic amines) is 1. The molecule has 0 spiro atoms. The van der Waals surface area contributed by atoms with Gasteiger partial charge in [0.15, 0.2) is 5.76 Å². The van der Waals surface area contributed by atoms with Crippen LogP contribution in [0.2, 0.25) is 0 Å². The summed E-state index contributed by atoms with van der Waals surface area (Å²) in [5.41, 5.74) is 2.89. The molecule has 23 heavy (non-hydrogen) atoms. The van der Waals surface area contributed by atoms with E-state index in [2.05, 4.69) is 5.32 Å². The standard InChI is InChI=1S/C19H26N2O2/c1-13-5-4-6-16-14(2)18(23-17(13)16)19(22)21-11-8-15(9-12-21)7-10-20-3/h4-6,15,20H,7-12H2,1-3H3. The minimum atomic E-state index is 0.0465. The zero-order valence-electron chi connectivity index (χ0n) is 14.3. The van der Waals surface area contributed by atoms with Gasteiger partial charge in [-0.05, 0) is 58.2 Å². The third kappa shape index (κ3) is 3.13. The molecule has 0 bridgehead atoms. The van der Waals surface area contributed by atoms with E-state index in [1.165, 1.54) is 6.42 Å². The van der Waals surface area contributed by atoms with E-state index in [1.807, 2.05) is 44.0 Å². The van der Waals surface area contributed by atoms with Crippen molar-refractivity contribution in [1.82, 2.24) is 10.2 Å². The van der Waals surface area contributed by atoms with Gasteiger partial charge < -0.3 is 14.6 Å². The third-order valence-corrected chi connectivity index (χ3v) is 5.06. The van der Waals surface area contributed by atoms with Gasteiger partial charge in [0.1, 0.15) is 5.58 Å². The quantitative estimate of drug-likeness (QED) is 0.939. The van der Waals surface area contributed by atoms with Crippen LogP contribution in [-0.4, -0.2) is 37.5 Å². The van der Waals surface area contributed by atoms with E-state index in [1.54, 1.807) is 0 Å². The molecule has 1 amide bonds. The molecule has 1 N–H and O–H groups in total. The van der Waals surface area contributed by atoms with Crippen molar-refractivity contribution < 1.29 is 9.21 Å². The molecule has 1 aromatic carbocycles. The van der Waals surface area contributed by atoms with Gasteiger partial charge in [-0.1, -0.05) is 18.2 Å². The first-order valence-electron chi connectivity index (χ1n) is 8.54. The number of amides is 1. The molecule has 1 fully saturated rings. The number of piperidine rings is 1. The van der Waals surface area contributed by atoms with E-state index >= 15 is 0 Å². The fourth-order valence-corrected chi connectivity index (χ4v) is 3.51. The molecule has 1 aromatic heterocycles. The minimum absolute atomic E-state index is 0.0465. The van der Waals surface area contributed by atoms with Gasteiger partial charge in [0.2, 0.25) is 0 Å². The Kier molecular flexibility index (Phi) is 4.71. The number of carbonyl (C=O) groups is 1. The van der Waals surface area contributed by atoms with Crippen molar-refractivity contribution >= 4 is 16.9 Å². The normalized spacial score (nSPS) is 16.2. The summed E-state index contributed by atoms with van der Waals surface area (Å²) in [5.74, 6) is 1.29. The molecule has 4 nitrogen and oxygen atoms in total. The van der Waals surface area contributed by atoms with Crippen LogP contribution < -0.4 is 5.32 Å². The number of para-hydroxylation sites is 1. The largest absolute Gasteiger partial charge is 0.450 e. The number of fused-ring (bicyclic) bond motifs is 1. The van der Waals surface area contributed by atoms with Crippen LogP contribution in [0.1, 0.15) is 40.9 Å². The van der Waals surface area contributed by atoms with Gasteiger partial charge in [-0.15, -0.1) is 0 Å². The monoisotopic (exact) mass is 314 g/mol. The van der Waals surface area contributed by atoms with Crippen molar-refractivity contribution in [1.29, 1.82) is 0 Å². The number of hydrogen-bond donors (Lipinski definition) is 1. The Morgan fingerprint density at radius 3 is 2.70 bits per heavy atom. The highest BCUT2D eigenvalue weighted by Gasteiger charge is 2.27. The van der Waals surface area contributed by atoms with Gasteiger partial charge in [0, 0.05) is 24.0 Å². The van der Waals surface area contributed by atoms with E-state index in [-0.39, 0.29) is 5.91 Å². The Balaban J connectivity index is 1.74. The summed E-state index contributed by atoms with van der Waals surface area (Å²) < 4.78 is 5.94. The average molecular weight is 314 g/mol. The van der Waals surface area contributed by atoms with Crippen molar-refractivity contribution in [2.75, 3.05) is 26.7 Å². The zero-order chi connectivity index (χ0) is 16.4. The number of hydrogen-bond acceptors (Lipinski definition) is 3. The summed E-state index contributed by atoms with van der Waals surface area (Å²) in [6, 6.07) is 6.07. The predicted molar refractivity (Wildman–Crippen MR) is 92.9 cm³/mol. The van der Waals surface area contributed by atoms with Crippen molar-refractivity contribution in [3.8, 4) is 0 Å². The number of carbonyl (C=O) groups excluding carboxylic acids is 1. The van der Waals surface area contributed by atoms with Crippen LogP contribution in [0, 0.1) is 19.8 Å². The highest BCUT2D eigenvalue weighted by atomic mass is 16.3. The van der Waals surface area contributed by atoms with Gasteiger partial charge in [0.05, 0.1) is 0 Å². The lowest BCUT2D eigenvalue weighted by Gasteiger charge is -2.31. The molecule has 1 aliphatic heterocycles. The van der Waals surface area contributed by atoms with Crippen molar-refractivity contribution in [2.24, 2.45) is 5.92 Å². The second-order valence-corrected chi connectivity index (χ2v) is 6.64. The van der Waals surface area contributed by atoms with Crippen molar-refractivity contribution in [3.63, 3.8) is 0 Å². The summed E-state index contributed by atoms with van der Waals surface area (Å²) >= 11 is 0. The Morgan fingerprint density at radius 1 is 1.30 bits per heavy atom. The second-order valence-electron chi connectivity index (χ2n) is 6.64. The van der Waals surface area contributed by atoms with Gasteiger partial charge in [-0.2, -0.15) is 0 Å². The van der Waals surface area contributed by atoms with Gasteiger partial charge in [-0.3, -0.25) is 4.79 Å². The zero-order valence-corrected chi connectivity index (χ0v) is 14.3. The average Bonchev–Trinajstić information content (AvgIpc) is 2.91. The number of aryl methyl sites for hydroxylation is 2. The first kappa shape index (κ1) is 16.1. The van der Waals surface area contributed by atoms with E-state index in [4.69, 9.17) is 4.42 Å². The summed E-state index contributed by atoms with van der Waals surface area (Å²) in [4.78, 5) is 14.8. The Hall–Kier alpha value is -1.81. The number of furan rings is 1.